The lowest BCUT2D eigenvalue weighted by Crippen LogP contribution is -2.25. The van der Waals surface area contributed by atoms with Crippen LogP contribution in [0.15, 0.2) is 18.5 Å². The fourth-order valence-corrected chi connectivity index (χ4v) is 0.835. The van der Waals surface area contributed by atoms with Crippen molar-refractivity contribution < 1.29 is 0 Å². The summed E-state index contributed by atoms with van der Waals surface area (Å²) in [5, 5.41) is 3.33. The van der Waals surface area contributed by atoms with E-state index in [1.165, 1.54) is 0 Å². The van der Waals surface area contributed by atoms with Gasteiger partial charge in [0.2, 0.25) is 0 Å². The smallest absolute Gasteiger partial charge is 0.0521 e. The fraction of sp³-hybridized carbons (Fsp3) is 0.500. The third-order valence-corrected chi connectivity index (χ3v) is 1.12. The summed E-state index contributed by atoms with van der Waals surface area (Å²) < 4.78 is 0. The SMILES string of the molecule is CC(C)(C)Nc1cc[nH]c1. The van der Waals surface area contributed by atoms with E-state index in [0.29, 0.717) is 0 Å². The Morgan fingerprint density at radius 1 is 1.40 bits per heavy atom. The Labute approximate surface area is 61.7 Å². The van der Waals surface area contributed by atoms with E-state index < -0.39 is 0 Å². The first-order valence-corrected chi connectivity index (χ1v) is 3.49. The van der Waals surface area contributed by atoms with E-state index >= 15 is 0 Å². The highest BCUT2D eigenvalue weighted by Gasteiger charge is 2.08. The number of anilines is 1. The molecular formula is C8H14N2. The molecule has 0 aliphatic rings. The highest BCUT2D eigenvalue weighted by atomic mass is 15.0. The molecule has 1 heterocycles. The number of aromatic amines is 1. The van der Waals surface area contributed by atoms with Crippen LogP contribution in [0.2, 0.25) is 0 Å². The van der Waals surface area contributed by atoms with Gasteiger partial charge in [-0.25, -0.2) is 0 Å². The van der Waals surface area contributed by atoms with Gasteiger partial charge in [0.05, 0.1) is 5.69 Å². The number of H-pyrrole nitrogens is 1. The number of rotatable bonds is 1. The van der Waals surface area contributed by atoms with E-state index in [1.54, 1.807) is 0 Å². The van der Waals surface area contributed by atoms with E-state index in [9.17, 15) is 0 Å². The summed E-state index contributed by atoms with van der Waals surface area (Å²) in [6.07, 6.45) is 3.86. The number of hydrogen-bond acceptors (Lipinski definition) is 1. The summed E-state index contributed by atoms with van der Waals surface area (Å²) in [4.78, 5) is 2.99. The van der Waals surface area contributed by atoms with Crippen LogP contribution in [-0.4, -0.2) is 10.5 Å². The monoisotopic (exact) mass is 138 g/mol. The van der Waals surface area contributed by atoms with Crippen LogP contribution in [0.3, 0.4) is 0 Å². The summed E-state index contributed by atoms with van der Waals surface area (Å²) >= 11 is 0. The molecule has 2 N–H and O–H groups in total. The molecule has 1 aromatic rings. The topological polar surface area (TPSA) is 27.8 Å². The van der Waals surface area contributed by atoms with Gasteiger partial charge in [-0.3, -0.25) is 0 Å². The summed E-state index contributed by atoms with van der Waals surface area (Å²) in [6.45, 7) is 6.42. The van der Waals surface area contributed by atoms with Crippen molar-refractivity contribution in [2.24, 2.45) is 0 Å². The molecule has 0 bridgehead atoms. The van der Waals surface area contributed by atoms with Crippen LogP contribution in [0.5, 0.6) is 0 Å². The zero-order chi connectivity index (χ0) is 7.61. The number of aromatic nitrogens is 1. The third-order valence-electron chi connectivity index (χ3n) is 1.12. The molecule has 1 rings (SSSR count). The minimum absolute atomic E-state index is 0.155. The van der Waals surface area contributed by atoms with Crippen LogP contribution < -0.4 is 5.32 Å². The van der Waals surface area contributed by atoms with Crippen molar-refractivity contribution in [3.8, 4) is 0 Å². The van der Waals surface area contributed by atoms with Crippen LogP contribution >= 0.6 is 0 Å². The Balaban J connectivity index is 2.57. The maximum Gasteiger partial charge on any atom is 0.0521 e. The first-order chi connectivity index (χ1) is 4.58. The minimum atomic E-state index is 0.155. The largest absolute Gasteiger partial charge is 0.379 e. The number of nitrogens with one attached hydrogen (secondary N) is 2. The summed E-state index contributed by atoms with van der Waals surface area (Å²) in [7, 11) is 0. The Bertz CT molecular complexity index is 182. The molecule has 0 atom stereocenters. The molecule has 0 spiro atoms. The molecule has 0 fully saturated rings. The van der Waals surface area contributed by atoms with Gasteiger partial charge in [0.1, 0.15) is 0 Å². The highest BCUT2D eigenvalue weighted by Crippen LogP contribution is 2.12. The lowest BCUT2D eigenvalue weighted by Gasteiger charge is -2.20. The molecule has 2 heteroatoms. The normalized spacial score (nSPS) is 11.5. The molecule has 2 nitrogen and oxygen atoms in total. The van der Waals surface area contributed by atoms with Crippen molar-refractivity contribution in [2.45, 2.75) is 26.3 Å². The third kappa shape index (κ3) is 2.13. The average molecular weight is 138 g/mol. The van der Waals surface area contributed by atoms with Crippen molar-refractivity contribution in [1.29, 1.82) is 0 Å². The Morgan fingerprint density at radius 3 is 2.50 bits per heavy atom. The van der Waals surface area contributed by atoms with Crippen LogP contribution in [-0.2, 0) is 0 Å². The first kappa shape index (κ1) is 7.19. The lowest BCUT2D eigenvalue weighted by atomic mass is 10.1. The van der Waals surface area contributed by atoms with Gasteiger partial charge in [-0.1, -0.05) is 0 Å². The molecule has 0 saturated heterocycles. The second-order valence-electron chi connectivity index (χ2n) is 3.47. The summed E-state index contributed by atoms with van der Waals surface area (Å²) in [6, 6.07) is 2.02. The second-order valence-corrected chi connectivity index (χ2v) is 3.47. The Morgan fingerprint density at radius 2 is 2.10 bits per heavy atom. The standard InChI is InChI=1S/C8H14N2/c1-8(2,3)10-7-4-5-9-6-7/h4-6,9-10H,1-3H3. The van der Waals surface area contributed by atoms with Crippen LogP contribution in [0.1, 0.15) is 20.8 Å². The maximum absolute atomic E-state index is 3.33. The maximum atomic E-state index is 3.33. The average Bonchev–Trinajstić information content (AvgIpc) is 2.12. The van der Waals surface area contributed by atoms with Crippen molar-refractivity contribution in [3.63, 3.8) is 0 Å². The van der Waals surface area contributed by atoms with Crippen LogP contribution in [0, 0.1) is 0 Å². The van der Waals surface area contributed by atoms with Gasteiger partial charge in [0.15, 0.2) is 0 Å². The lowest BCUT2D eigenvalue weighted by molar-refractivity contribution is 0.634. The second kappa shape index (κ2) is 2.37. The molecule has 0 saturated carbocycles. The van der Waals surface area contributed by atoms with Crippen molar-refractivity contribution >= 4 is 5.69 Å². The molecule has 0 amide bonds. The quantitative estimate of drug-likeness (QED) is 0.612. The van der Waals surface area contributed by atoms with Crippen LogP contribution in [0.4, 0.5) is 5.69 Å². The molecule has 56 valence electrons. The molecule has 1 aromatic heterocycles. The molecule has 0 radical (unpaired) electrons. The van der Waals surface area contributed by atoms with Gasteiger partial charge in [0, 0.05) is 17.9 Å². The van der Waals surface area contributed by atoms with E-state index in [-0.39, 0.29) is 5.54 Å². The van der Waals surface area contributed by atoms with E-state index in [2.05, 4.69) is 31.1 Å². The highest BCUT2D eigenvalue weighted by molar-refractivity contribution is 5.42. The minimum Gasteiger partial charge on any atom is -0.379 e. The zero-order valence-corrected chi connectivity index (χ0v) is 6.73. The van der Waals surface area contributed by atoms with Gasteiger partial charge in [0.25, 0.3) is 0 Å². The Kier molecular flexibility index (Phi) is 1.70. The number of hydrogen-bond donors (Lipinski definition) is 2. The van der Waals surface area contributed by atoms with Crippen molar-refractivity contribution in [1.82, 2.24) is 4.98 Å². The first-order valence-electron chi connectivity index (χ1n) is 3.49. The van der Waals surface area contributed by atoms with Crippen molar-refractivity contribution in [3.05, 3.63) is 18.5 Å². The molecule has 0 unspecified atom stereocenters. The van der Waals surface area contributed by atoms with E-state index in [4.69, 9.17) is 0 Å². The Hall–Kier alpha value is -0.920. The zero-order valence-electron chi connectivity index (χ0n) is 6.73. The summed E-state index contributed by atoms with van der Waals surface area (Å²) in [5.41, 5.74) is 1.30. The molecule has 0 aliphatic heterocycles. The predicted molar refractivity (Wildman–Crippen MR) is 44.2 cm³/mol. The molecule has 0 aromatic carbocycles. The fourth-order valence-electron chi connectivity index (χ4n) is 0.835. The summed E-state index contributed by atoms with van der Waals surface area (Å²) in [5.74, 6) is 0. The van der Waals surface area contributed by atoms with Gasteiger partial charge < -0.3 is 10.3 Å². The van der Waals surface area contributed by atoms with Crippen molar-refractivity contribution in [2.75, 3.05) is 5.32 Å². The van der Waals surface area contributed by atoms with E-state index in [0.717, 1.165) is 5.69 Å². The van der Waals surface area contributed by atoms with Crippen LogP contribution in [0.25, 0.3) is 0 Å². The van der Waals surface area contributed by atoms with E-state index in [1.807, 2.05) is 18.5 Å². The molecular weight excluding hydrogens is 124 g/mol. The van der Waals surface area contributed by atoms with Gasteiger partial charge in [-0.2, -0.15) is 0 Å². The van der Waals surface area contributed by atoms with Gasteiger partial charge >= 0.3 is 0 Å². The van der Waals surface area contributed by atoms with Gasteiger partial charge in [-0.05, 0) is 26.8 Å². The molecule has 0 aliphatic carbocycles. The van der Waals surface area contributed by atoms with Gasteiger partial charge in [-0.15, -0.1) is 0 Å². The molecule has 10 heavy (non-hydrogen) atoms. The predicted octanol–water partition coefficient (Wildman–Crippen LogP) is 2.23.